The fraction of sp³-hybridized carbons (Fsp3) is 0.0667. The molecule has 2 aromatic rings. The molecule has 4 heteroatoms. The minimum absolute atomic E-state index is 0.302. The molecule has 0 bridgehead atoms. The van der Waals surface area contributed by atoms with Crippen molar-refractivity contribution in [3.05, 3.63) is 59.2 Å². The Morgan fingerprint density at radius 3 is 2.05 bits per heavy atom. The van der Waals surface area contributed by atoms with Gasteiger partial charge in [-0.1, -0.05) is 18.2 Å². The highest BCUT2D eigenvalue weighted by Gasteiger charge is 2.36. The number of imide groups is 1. The highest BCUT2D eigenvalue weighted by atomic mass is 16.2. The second-order valence-electron chi connectivity index (χ2n) is 4.53. The average Bonchev–Trinajstić information content (AvgIpc) is 2.66. The van der Waals surface area contributed by atoms with Crippen LogP contribution in [0.2, 0.25) is 0 Å². The lowest BCUT2D eigenvalue weighted by atomic mass is 10.1. The number of rotatable bonds is 1. The van der Waals surface area contributed by atoms with Crippen LogP contribution in [-0.4, -0.2) is 11.8 Å². The molecule has 2 amide bonds. The zero-order chi connectivity index (χ0) is 13.6. The van der Waals surface area contributed by atoms with Gasteiger partial charge in [0.2, 0.25) is 0 Å². The van der Waals surface area contributed by atoms with Gasteiger partial charge in [-0.3, -0.25) is 9.59 Å². The molecule has 0 aromatic heterocycles. The maximum absolute atomic E-state index is 12.3. The summed E-state index contributed by atoms with van der Waals surface area (Å²) < 4.78 is 0. The molecule has 0 atom stereocenters. The van der Waals surface area contributed by atoms with Crippen molar-refractivity contribution in [3.8, 4) is 0 Å². The van der Waals surface area contributed by atoms with Gasteiger partial charge < -0.3 is 5.73 Å². The van der Waals surface area contributed by atoms with Crippen LogP contribution in [0.25, 0.3) is 0 Å². The van der Waals surface area contributed by atoms with Crippen molar-refractivity contribution in [3.63, 3.8) is 0 Å². The number of fused-ring (bicyclic) bond motifs is 1. The molecular weight excluding hydrogens is 240 g/mol. The predicted molar refractivity (Wildman–Crippen MR) is 73.2 cm³/mol. The van der Waals surface area contributed by atoms with E-state index in [4.69, 9.17) is 5.73 Å². The van der Waals surface area contributed by atoms with E-state index in [0.717, 1.165) is 5.56 Å². The highest BCUT2D eigenvalue weighted by Crippen LogP contribution is 2.29. The van der Waals surface area contributed by atoms with Crippen LogP contribution in [0.5, 0.6) is 0 Å². The van der Waals surface area contributed by atoms with Crippen LogP contribution in [0.4, 0.5) is 11.4 Å². The first kappa shape index (κ1) is 11.5. The number of amides is 2. The van der Waals surface area contributed by atoms with Crippen molar-refractivity contribution >= 4 is 23.2 Å². The Balaban J connectivity index is 2.11. The van der Waals surface area contributed by atoms with E-state index in [1.807, 2.05) is 6.92 Å². The van der Waals surface area contributed by atoms with Gasteiger partial charge in [0.05, 0.1) is 16.8 Å². The molecule has 94 valence electrons. The topological polar surface area (TPSA) is 63.4 Å². The minimum atomic E-state index is -0.302. The zero-order valence-electron chi connectivity index (χ0n) is 10.4. The predicted octanol–water partition coefficient (Wildman–Crippen LogP) is 2.38. The normalized spacial score (nSPS) is 13.8. The summed E-state index contributed by atoms with van der Waals surface area (Å²) in [4.78, 5) is 25.7. The van der Waals surface area contributed by atoms with Crippen molar-refractivity contribution in [1.82, 2.24) is 0 Å². The summed E-state index contributed by atoms with van der Waals surface area (Å²) in [7, 11) is 0. The van der Waals surface area contributed by atoms with Crippen LogP contribution in [0.15, 0.2) is 42.5 Å². The lowest BCUT2D eigenvalue weighted by Crippen LogP contribution is -2.29. The fourth-order valence-corrected chi connectivity index (χ4v) is 2.19. The van der Waals surface area contributed by atoms with Crippen molar-refractivity contribution in [2.75, 3.05) is 10.6 Å². The quantitative estimate of drug-likeness (QED) is 0.626. The van der Waals surface area contributed by atoms with Crippen molar-refractivity contribution in [2.24, 2.45) is 0 Å². The number of nitrogens with zero attached hydrogens (tertiary/aromatic N) is 1. The van der Waals surface area contributed by atoms with Crippen molar-refractivity contribution in [2.45, 2.75) is 6.92 Å². The van der Waals surface area contributed by atoms with Gasteiger partial charge in [0.25, 0.3) is 11.8 Å². The lowest BCUT2D eigenvalue weighted by molar-refractivity contribution is 0.0926. The molecule has 0 unspecified atom stereocenters. The van der Waals surface area contributed by atoms with Crippen LogP contribution >= 0.6 is 0 Å². The van der Waals surface area contributed by atoms with Crippen molar-refractivity contribution < 1.29 is 9.59 Å². The van der Waals surface area contributed by atoms with E-state index in [1.165, 1.54) is 4.90 Å². The molecule has 0 saturated carbocycles. The van der Waals surface area contributed by atoms with Gasteiger partial charge in [-0.15, -0.1) is 0 Å². The highest BCUT2D eigenvalue weighted by molar-refractivity contribution is 6.34. The molecule has 1 heterocycles. The second kappa shape index (κ2) is 3.95. The molecule has 19 heavy (non-hydrogen) atoms. The Labute approximate surface area is 110 Å². The third-order valence-electron chi connectivity index (χ3n) is 3.32. The number of hydrogen-bond acceptors (Lipinski definition) is 3. The first-order valence-electron chi connectivity index (χ1n) is 5.93. The molecule has 4 nitrogen and oxygen atoms in total. The lowest BCUT2D eigenvalue weighted by Gasteiger charge is -2.15. The van der Waals surface area contributed by atoms with E-state index in [0.29, 0.717) is 22.5 Å². The Morgan fingerprint density at radius 1 is 0.947 bits per heavy atom. The SMILES string of the molecule is Cc1ccc(N2C(=O)c3ccccc3C2=O)cc1N. The van der Waals surface area contributed by atoms with Gasteiger partial charge in [0.15, 0.2) is 0 Å². The summed E-state index contributed by atoms with van der Waals surface area (Å²) in [5.41, 5.74) is 8.70. The minimum Gasteiger partial charge on any atom is -0.398 e. The standard InChI is InChI=1S/C15H12N2O2/c1-9-6-7-10(8-13(9)16)17-14(18)11-4-2-3-5-12(11)15(17)19/h2-8H,16H2,1H3. The first-order chi connectivity index (χ1) is 9.09. The van der Waals surface area contributed by atoms with E-state index < -0.39 is 0 Å². The maximum atomic E-state index is 12.3. The Hall–Kier alpha value is -2.62. The van der Waals surface area contributed by atoms with Gasteiger partial charge in [-0.25, -0.2) is 4.90 Å². The van der Waals surface area contributed by atoms with Gasteiger partial charge >= 0.3 is 0 Å². The summed E-state index contributed by atoms with van der Waals surface area (Å²) >= 11 is 0. The molecule has 2 N–H and O–H groups in total. The van der Waals surface area contributed by atoms with Crippen molar-refractivity contribution in [1.29, 1.82) is 0 Å². The smallest absolute Gasteiger partial charge is 0.266 e. The first-order valence-corrected chi connectivity index (χ1v) is 5.93. The average molecular weight is 252 g/mol. The van der Waals surface area contributed by atoms with Gasteiger partial charge in [-0.2, -0.15) is 0 Å². The Morgan fingerprint density at radius 2 is 1.53 bits per heavy atom. The third kappa shape index (κ3) is 1.61. The molecule has 0 radical (unpaired) electrons. The summed E-state index contributed by atoms with van der Waals surface area (Å²) in [6.07, 6.45) is 0. The summed E-state index contributed by atoms with van der Waals surface area (Å²) in [6.45, 7) is 1.88. The molecule has 0 saturated heterocycles. The summed E-state index contributed by atoms with van der Waals surface area (Å²) in [5.74, 6) is -0.604. The number of hydrogen-bond donors (Lipinski definition) is 1. The fourth-order valence-electron chi connectivity index (χ4n) is 2.19. The zero-order valence-corrected chi connectivity index (χ0v) is 10.4. The van der Waals surface area contributed by atoms with Gasteiger partial charge in [-0.05, 0) is 36.8 Å². The molecule has 0 spiro atoms. The molecule has 0 aliphatic carbocycles. The monoisotopic (exact) mass is 252 g/mol. The van der Waals surface area contributed by atoms with E-state index in [2.05, 4.69) is 0 Å². The molecule has 1 aliphatic heterocycles. The van der Waals surface area contributed by atoms with E-state index in [9.17, 15) is 9.59 Å². The number of aryl methyl sites for hydroxylation is 1. The Bertz CT molecular complexity index is 672. The largest absolute Gasteiger partial charge is 0.398 e. The number of nitrogen functional groups attached to an aromatic ring is 1. The van der Waals surface area contributed by atoms with Crippen LogP contribution in [0.3, 0.4) is 0 Å². The van der Waals surface area contributed by atoms with Crippen LogP contribution < -0.4 is 10.6 Å². The van der Waals surface area contributed by atoms with Crippen LogP contribution in [0.1, 0.15) is 26.3 Å². The summed E-state index contributed by atoms with van der Waals surface area (Å²) in [6, 6.07) is 12.0. The van der Waals surface area contributed by atoms with Crippen LogP contribution in [0, 0.1) is 6.92 Å². The van der Waals surface area contributed by atoms with Crippen LogP contribution in [-0.2, 0) is 0 Å². The maximum Gasteiger partial charge on any atom is 0.266 e. The van der Waals surface area contributed by atoms with E-state index in [1.54, 1.807) is 42.5 Å². The Kier molecular flexibility index (Phi) is 2.38. The summed E-state index contributed by atoms with van der Waals surface area (Å²) in [5, 5.41) is 0. The van der Waals surface area contributed by atoms with E-state index >= 15 is 0 Å². The molecule has 3 rings (SSSR count). The van der Waals surface area contributed by atoms with Gasteiger partial charge in [0.1, 0.15) is 0 Å². The third-order valence-corrected chi connectivity index (χ3v) is 3.32. The second-order valence-corrected chi connectivity index (χ2v) is 4.53. The molecule has 2 aromatic carbocycles. The van der Waals surface area contributed by atoms with E-state index in [-0.39, 0.29) is 11.8 Å². The number of anilines is 2. The molecular formula is C15H12N2O2. The number of carbonyl (C=O) groups excluding carboxylic acids is 2. The van der Waals surface area contributed by atoms with Gasteiger partial charge in [0, 0.05) is 5.69 Å². The number of carbonyl (C=O) groups is 2. The number of benzene rings is 2. The number of nitrogens with two attached hydrogens (primary N) is 1. The molecule has 0 fully saturated rings. The molecule has 1 aliphatic rings.